The average Bonchev–Trinajstić information content (AvgIpc) is 2.61. The summed E-state index contributed by atoms with van der Waals surface area (Å²) < 4.78 is 5.75. The van der Waals surface area contributed by atoms with E-state index >= 15 is 0 Å². The molecule has 0 unspecified atom stereocenters. The lowest BCUT2D eigenvalue weighted by Gasteiger charge is -2.36. The Morgan fingerprint density at radius 1 is 0.920 bits per heavy atom. The molecule has 3 rings (SSSR count). The van der Waals surface area contributed by atoms with Crippen LogP contribution in [0.1, 0.15) is 32.1 Å². The Bertz CT molecular complexity index is 738. The third-order valence-corrected chi connectivity index (χ3v) is 4.89. The Morgan fingerprint density at radius 2 is 1.56 bits per heavy atom. The molecule has 134 valence electrons. The molecule has 0 amide bonds. The summed E-state index contributed by atoms with van der Waals surface area (Å²) in [5, 5.41) is 19.8. The fraction of sp³-hybridized carbons (Fsp3) is 0.368. The van der Waals surface area contributed by atoms with E-state index in [0.29, 0.717) is 5.56 Å². The molecule has 0 aromatic heterocycles. The molecule has 0 radical (unpaired) electrons. The Labute approximate surface area is 147 Å². The minimum atomic E-state index is -1.34. The van der Waals surface area contributed by atoms with Gasteiger partial charge in [0.2, 0.25) is 5.85 Å². The quantitative estimate of drug-likeness (QED) is 0.330. The van der Waals surface area contributed by atoms with Crippen molar-refractivity contribution in [3.05, 3.63) is 36.4 Å². The standard InChI is InChI=1S/C19H25N3O3/c20-17-15(12-6-8-14(23)9-7-12)10-11-16(18(17)24)25-19(21,22)13-4-2-1-3-5-13/h6-11,13,23-24H,1-5,20-22H2. The van der Waals surface area contributed by atoms with Crippen molar-refractivity contribution < 1.29 is 14.9 Å². The van der Waals surface area contributed by atoms with Gasteiger partial charge in [0, 0.05) is 11.5 Å². The first-order chi connectivity index (χ1) is 11.9. The zero-order valence-electron chi connectivity index (χ0n) is 14.1. The van der Waals surface area contributed by atoms with Gasteiger partial charge >= 0.3 is 0 Å². The van der Waals surface area contributed by atoms with Crippen LogP contribution in [-0.2, 0) is 0 Å². The number of nitrogens with two attached hydrogens (primary N) is 3. The molecular formula is C19H25N3O3. The van der Waals surface area contributed by atoms with Crippen LogP contribution in [-0.4, -0.2) is 16.1 Å². The molecule has 0 bridgehead atoms. The number of aromatic hydroxyl groups is 2. The predicted molar refractivity (Wildman–Crippen MR) is 97.9 cm³/mol. The molecule has 2 aromatic carbocycles. The monoisotopic (exact) mass is 343 g/mol. The highest BCUT2D eigenvalue weighted by atomic mass is 16.5. The highest BCUT2D eigenvalue weighted by Gasteiger charge is 2.35. The smallest absolute Gasteiger partial charge is 0.215 e. The Morgan fingerprint density at radius 3 is 2.20 bits per heavy atom. The van der Waals surface area contributed by atoms with E-state index in [-0.39, 0.29) is 28.9 Å². The van der Waals surface area contributed by atoms with Gasteiger partial charge in [0.15, 0.2) is 11.5 Å². The molecule has 6 heteroatoms. The van der Waals surface area contributed by atoms with Crippen LogP contribution in [0, 0.1) is 5.92 Å². The lowest BCUT2D eigenvalue weighted by molar-refractivity contribution is 0.000563. The lowest BCUT2D eigenvalue weighted by atomic mass is 9.85. The molecule has 1 fully saturated rings. The summed E-state index contributed by atoms with van der Waals surface area (Å²) in [5.41, 5.74) is 20.0. The van der Waals surface area contributed by atoms with Crippen molar-refractivity contribution in [1.82, 2.24) is 0 Å². The van der Waals surface area contributed by atoms with E-state index in [1.54, 1.807) is 36.4 Å². The van der Waals surface area contributed by atoms with Gasteiger partial charge in [-0.1, -0.05) is 31.4 Å². The Kier molecular flexibility index (Phi) is 4.74. The van der Waals surface area contributed by atoms with Crippen LogP contribution in [0.25, 0.3) is 11.1 Å². The molecule has 1 aliphatic rings. The zero-order chi connectivity index (χ0) is 18.0. The van der Waals surface area contributed by atoms with Crippen LogP contribution in [0.3, 0.4) is 0 Å². The number of benzene rings is 2. The first-order valence-electron chi connectivity index (χ1n) is 8.56. The van der Waals surface area contributed by atoms with Crippen molar-refractivity contribution in [2.24, 2.45) is 17.4 Å². The average molecular weight is 343 g/mol. The van der Waals surface area contributed by atoms with Crippen LogP contribution in [0.5, 0.6) is 17.2 Å². The van der Waals surface area contributed by atoms with Crippen LogP contribution < -0.4 is 21.9 Å². The summed E-state index contributed by atoms with van der Waals surface area (Å²) in [5.74, 6) is -1.14. The van der Waals surface area contributed by atoms with Crippen molar-refractivity contribution in [3.8, 4) is 28.4 Å². The number of phenolic OH excluding ortho intramolecular Hbond substituents is 2. The van der Waals surface area contributed by atoms with Crippen LogP contribution in [0.2, 0.25) is 0 Å². The van der Waals surface area contributed by atoms with Gasteiger partial charge in [-0.15, -0.1) is 0 Å². The third-order valence-electron chi connectivity index (χ3n) is 4.89. The van der Waals surface area contributed by atoms with E-state index in [1.807, 2.05) is 0 Å². The van der Waals surface area contributed by atoms with E-state index in [1.165, 1.54) is 6.42 Å². The molecule has 0 spiro atoms. The van der Waals surface area contributed by atoms with E-state index < -0.39 is 5.85 Å². The summed E-state index contributed by atoms with van der Waals surface area (Å²) >= 11 is 0. The van der Waals surface area contributed by atoms with Gasteiger partial charge in [-0.3, -0.25) is 11.5 Å². The number of hydrogen-bond donors (Lipinski definition) is 5. The second kappa shape index (κ2) is 6.82. The maximum atomic E-state index is 10.4. The molecular weight excluding hydrogens is 318 g/mol. The van der Waals surface area contributed by atoms with Gasteiger partial charge in [-0.05, 0) is 42.7 Å². The summed E-state index contributed by atoms with van der Waals surface area (Å²) in [6.45, 7) is 0. The SMILES string of the molecule is Nc1c(-c2ccc(O)cc2)ccc(OC(N)(N)C2CCCCC2)c1O. The fourth-order valence-corrected chi connectivity index (χ4v) is 3.39. The Hall–Kier alpha value is -2.44. The maximum Gasteiger partial charge on any atom is 0.215 e. The van der Waals surface area contributed by atoms with Gasteiger partial charge in [0.05, 0.1) is 5.69 Å². The minimum absolute atomic E-state index is 0.0404. The largest absolute Gasteiger partial charge is 0.508 e. The number of rotatable bonds is 4. The second-order valence-electron chi connectivity index (χ2n) is 6.71. The van der Waals surface area contributed by atoms with Gasteiger partial charge < -0.3 is 20.7 Å². The van der Waals surface area contributed by atoms with Crippen molar-refractivity contribution >= 4 is 5.69 Å². The van der Waals surface area contributed by atoms with Gasteiger partial charge in [-0.25, -0.2) is 0 Å². The number of hydrogen-bond acceptors (Lipinski definition) is 6. The molecule has 25 heavy (non-hydrogen) atoms. The van der Waals surface area contributed by atoms with Crippen molar-refractivity contribution in [2.75, 3.05) is 5.73 Å². The number of nitrogen functional groups attached to an aromatic ring is 1. The number of ether oxygens (including phenoxy) is 1. The molecule has 0 aliphatic heterocycles. The van der Waals surface area contributed by atoms with Gasteiger partial charge in [-0.2, -0.15) is 0 Å². The van der Waals surface area contributed by atoms with Gasteiger partial charge in [0.25, 0.3) is 0 Å². The molecule has 0 atom stereocenters. The van der Waals surface area contributed by atoms with Crippen LogP contribution >= 0.6 is 0 Å². The molecule has 8 N–H and O–H groups in total. The van der Waals surface area contributed by atoms with Crippen molar-refractivity contribution in [1.29, 1.82) is 0 Å². The van der Waals surface area contributed by atoms with E-state index in [4.69, 9.17) is 21.9 Å². The fourth-order valence-electron chi connectivity index (χ4n) is 3.39. The van der Waals surface area contributed by atoms with Crippen molar-refractivity contribution in [2.45, 2.75) is 38.0 Å². The van der Waals surface area contributed by atoms with E-state index in [9.17, 15) is 10.2 Å². The Balaban J connectivity index is 1.86. The van der Waals surface area contributed by atoms with Crippen LogP contribution in [0.4, 0.5) is 5.69 Å². The first kappa shape index (κ1) is 17.4. The first-order valence-corrected chi connectivity index (χ1v) is 8.56. The highest BCUT2D eigenvalue weighted by molar-refractivity contribution is 5.82. The molecule has 1 aliphatic carbocycles. The maximum absolute atomic E-state index is 10.4. The molecule has 0 heterocycles. The summed E-state index contributed by atoms with van der Waals surface area (Å²) in [6, 6.07) is 9.92. The number of phenols is 2. The highest BCUT2D eigenvalue weighted by Crippen LogP contribution is 2.41. The summed E-state index contributed by atoms with van der Waals surface area (Å²) in [6.07, 6.45) is 5.17. The topological polar surface area (TPSA) is 128 Å². The summed E-state index contributed by atoms with van der Waals surface area (Å²) in [7, 11) is 0. The predicted octanol–water partition coefficient (Wildman–Crippen LogP) is 2.88. The van der Waals surface area contributed by atoms with Crippen molar-refractivity contribution in [3.63, 3.8) is 0 Å². The third kappa shape index (κ3) is 3.65. The summed E-state index contributed by atoms with van der Waals surface area (Å²) in [4.78, 5) is 0. The minimum Gasteiger partial charge on any atom is -0.508 e. The second-order valence-corrected chi connectivity index (χ2v) is 6.71. The van der Waals surface area contributed by atoms with Gasteiger partial charge in [0.1, 0.15) is 5.75 Å². The molecule has 6 nitrogen and oxygen atoms in total. The van der Waals surface area contributed by atoms with E-state index in [2.05, 4.69) is 0 Å². The van der Waals surface area contributed by atoms with Crippen LogP contribution in [0.15, 0.2) is 36.4 Å². The normalized spacial score (nSPS) is 15.9. The zero-order valence-corrected chi connectivity index (χ0v) is 14.1. The molecule has 0 saturated heterocycles. The lowest BCUT2D eigenvalue weighted by Crippen LogP contribution is -2.60. The van der Waals surface area contributed by atoms with E-state index in [0.717, 1.165) is 31.2 Å². The molecule has 2 aromatic rings. The number of anilines is 1. The molecule has 1 saturated carbocycles.